The van der Waals surface area contributed by atoms with Crippen molar-refractivity contribution in [2.24, 2.45) is 0 Å². The van der Waals surface area contributed by atoms with Gasteiger partial charge in [0.1, 0.15) is 5.82 Å². The molecule has 4 heterocycles. The molecule has 1 aromatic carbocycles. The van der Waals surface area contributed by atoms with Gasteiger partial charge in [-0.15, -0.1) is 0 Å². The van der Waals surface area contributed by atoms with Crippen molar-refractivity contribution >= 4 is 23.1 Å². The summed E-state index contributed by atoms with van der Waals surface area (Å²) in [6.07, 6.45) is 5.67. The minimum Gasteiger partial charge on any atom is -0.436 e. The highest BCUT2D eigenvalue weighted by molar-refractivity contribution is 6.03. The normalized spacial score (nSPS) is 18.4. The van der Waals surface area contributed by atoms with Crippen molar-refractivity contribution in [1.82, 2.24) is 19.4 Å². The van der Waals surface area contributed by atoms with Crippen molar-refractivity contribution in [1.29, 1.82) is 0 Å². The number of rotatable bonds is 4. The Morgan fingerprint density at radius 3 is 2.62 bits per heavy atom. The van der Waals surface area contributed by atoms with Gasteiger partial charge in [-0.05, 0) is 39.0 Å². The second kappa shape index (κ2) is 8.53. The number of carbonyl (C=O) groups excluding carboxylic acids is 1. The van der Waals surface area contributed by atoms with Gasteiger partial charge in [-0.25, -0.2) is 19.3 Å². The van der Waals surface area contributed by atoms with Crippen molar-refractivity contribution < 1.29 is 18.3 Å². The van der Waals surface area contributed by atoms with Crippen molar-refractivity contribution in [3.8, 4) is 11.3 Å². The summed E-state index contributed by atoms with van der Waals surface area (Å²) in [4.78, 5) is 27.8. The fraction of sp³-hybridized carbons (Fsp3) is 0.333. The predicted octanol–water partition coefficient (Wildman–Crippen LogP) is 4.01. The molecular weight excluding hydrogens is 439 g/mol. The molecule has 0 spiro atoms. The molecule has 0 aliphatic carbocycles. The highest BCUT2D eigenvalue weighted by Crippen LogP contribution is 2.27. The largest absolute Gasteiger partial charge is 0.436 e. The van der Waals surface area contributed by atoms with Crippen LogP contribution in [-0.2, 0) is 4.74 Å². The van der Waals surface area contributed by atoms with E-state index in [1.165, 1.54) is 12.1 Å². The summed E-state index contributed by atoms with van der Waals surface area (Å²) in [5.74, 6) is 0.0735. The second-order valence-corrected chi connectivity index (χ2v) is 8.60. The van der Waals surface area contributed by atoms with Crippen LogP contribution in [0.2, 0.25) is 0 Å². The first-order chi connectivity index (χ1) is 16.3. The van der Waals surface area contributed by atoms with Gasteiger partial charge in [0.25, 0.3) is 5.91 Å². The summed E-state index contributed by atoms with van der Waals surface area (Å²) in [6, 6.07) is 4.32. The SMILES string of the molecule is Cc1nc(C)c(C(=O)Nc2ccc(F)c(-c3cn4cc(N5C[C@@H](C)O[C@@H](C)C5)cnc4n3)c2)o1. The van der Waals surface area contributed by atoms with Crippen LogP contribution in [0.15, 0.2) is 41.2 Å². The molecule has 5 rings (SSSR count). The van der Waals surface area contributed by atoms with Gasteiger partial charge in [-0.2, -0.15) is 0 Å². The number of hydrogen-bond acceptors (Lipinski definition) is 7. The standard InChI is InChI=1S/C24H25FN6O3/c1-13-9-30(10-14(2)33-13)18-8-26-24-29-21(12-31(24)11-18)19-7-17(5-6-20(19)25)28-23(32)22-15(3)27-16(4)34-22/h5-8,11-14H,9-10H2,1-4H3,(H,28,32)/t13-,14+. The summed E-state index contributed by atoms with van der Waals surface area (Å²) in [5.41, 5.74) is 2.51. The van der Waals surface area contributed by atoms with E-state index in [1.807, 2.05) is 20.0 Å². The average Bonchev–Trinajstić information content (AvgIpc) is 3.36. The van der Waals surface area contributed by atoms with Gasteiger partial charge < -0.3 is 19.4 Å². The molecule has 0 unspecified atom stereocenters. The van der Waals surface area contributed by atoms with E-state index in [0.29, 0.717) is 28.7 Å². The van der Waals surface area contributed by atoms with Crippen LogP contribution in [0.4, 0.5) is 15.8 Å². The number of oxazole rings is 1. The van der Waals surface area contributed by atoms with Crippen LogP contribution in [0.1, 0.15) is 36.0 Å². The number of halogens is 1. The maximum atomic E-state index is 14.7. The maximum Gasteiger partial charge on any atom is 0.293 e. The lowest BCUT2D eigenvalue weighted by Crippen LogP contribution is -2.45. The number of morpholine rings is 1. The molecule has 4 aromatic rings. The smallest absolute Gasteiger partial charge is 0.293 e. The first-order valence-corrected chi connectivity index (χ1v) is 11.1. The topological polar surface area (TPSA) is 97.8 Å². The number of hydrogen-bond donors (Lipinski definition) is 1. The van der Waals surface area contributed by atoms with Crippen molar-refractivity contribution in [3.63, 3.8) is 0 Å². The van der Waals surface area contributed by atoms with Gasteiger partial charge >= 0.3 is 0 Å². The van der Waals surface area contributed by atoms with Crippen LogP contribution >= 0.6 is 0 Å². The molecule has 1 amide bonds. The van der Waals surface area contributed by atoms with Gasteiger partial charge in [-0.3, -0.25) is 9.20 Å². The van der Waals surface area contributed by atoms with Crippen LogP contribution < -0.4 is 10.2 Å². The van der Waals surface area contributed by atoms with Crippen LogP contribution in [-0.4, -0.2) is 50.6 Å². The molecule has 176 valence electrons. The minimum absolute atomic E-state index is 0.120. The predicted molar refractivity (Wildman–Crippen MR) is 125 cm³/mol. The number of aromatic nitrogens is 4. The Morgan fingerprint density at radius 2 is 1.91 bits per heavy atom. The zero-order chi connectivity index (χ0) is 24.0. The molecule has 3 aromatic heterocycles. The first kappa shape index (κ1) is 22.0. The molecule has 9 nitrogen and oxygen atoms in total. The summed E-state index contributed by atoms with van der Waals surface area (Å²) >= 11 is 0. The van der Waals surface area contributed by atoms with E-state index < -0.39 is 11.7 Å². The Balaban J connectivity index is 1.43. The molecule has 2 atom stereocenters. The summed E-state index contributed by atoms with van der Waals surface area (Å²) in [7, 11) is 0. The Morgan fingerprint density at radius 1 is 1.15 bits per heavy atom. The van der Waals surface area contributed by atoms with Crippen molar-refractivity contribution in [2.45, 2.75) is 39.9 Å². The minimum atomic E-state index is -0.454. The molecule has 10 heteroatoms. The molecule has 0 radical (unpaired) electrons. The first-order valence-electron chi connectivity index (χ1n) is 11.1. The molecule has 1 fully saturated rings. The van der Waals surface area contributed by atoms with Gasteiger partial charge in [0.15, 0.2) is 5.89 Å². The highest BCUT2D eigenvalue weighted by Gasteiger charge is 2.23. The second-order valence-electron chi connectivity index (χ2n) is 8.60. The van der Waals surface area contributed by atoms with Crippen LogP contribution in [0.5, 0.6) is 0 Å². The summed E-state index contributed by atoms with van der Waals surface area (Å²) in [6.45, 7) is 8.98. The summed E-state index contributed by atoms with van der Waals surface area (Å²) in [5, 5.41) is 2.74. The molecule has 1 N–H and O–H groups in total. The molecule has 34 heavy (non-hydrogen) atoms. The number of amides is 1. The van der Waals surface area contributed by atoms with E-state index >= 15 is 0 Å². The van der Waals surface area contributed by atoms with E-state index in [4.69, 9.17) is 9.15 Å². The third-order valence-corrected chi connectivity index (χ3v) is 5.69. The van der Waals surface area contributed by atoms with E-state index in [0.717, 1.165) is 18.8 Å². The van der Waals surface area contributed by atoms with Crippen LogP contribution in [0, 0.1) is 19.7 Å². The molecular formula is C24H25FN6O3. The number of nitrogens with one attached hydrogen (secondary N) is 1. The van der Waals surface area contributed by atoms with E-state index in [1.54, 1.807) is 36.7 Å². The van der Waals surface area contributed by atoms with Gasteiger partial charge in [0, 0.05) is 43.7 Å². The number of imidazole rings is 1. The quantitative estimate of drug-likeness (QED) is 0.487. The molecule has 1 aliphatic rings. The lowest BCUT2D eigenvalue weighted by molar-refractivity contribution is -0.00525. The number of nitrogens with zero attached hydrogens (tertiary/aromatic N) is 5. The Bertz CT molecular complexity index is 1370. The lowest BCUT2D eigenvalue weighted by atomic mass is 10.1. The van der Waals surface area contributed by atoms with E-state index in [2.05, 4.69) is 25.2 Å². The van der Waals surface area contributed by atoms with Crippen molar-refractivity contribution in [2.75, 3.05) is 23.3 Å². The Labute approximate surface area is 195 Å². The van der Waals surface area contributed by atoms with Crippen molar-refractivity contribution in [3.05, 3.63) is 60.0 Å². The Kier molecular flexibility index (Phi) is 5.52. The highest BCUT2D eigenvalue weighted by atomic mass is 19.1. The summed E-state index contributed by atoms with van der Waals surface area (Å²) < 4.78 is 27.7. The van der Waals surface area contributed by atoms with Gasteiger partial charge in [-0.1, -0.05) is 0 Å². The van der Waals surface area contributed by atoms with Gasteiger partial charge in [0.05, 0.1) is 35.5 Å². The number of carbonyl (C=O) groups is 1. The molecule has 0 bridgehead atoms. The number of anilines is 2. The number of ether oxygens (including phenoxy) is 1. The third-order valence-electron chi connectivity index (χ3n) is 5.69. The molecule has 1 aliphatic heterocycles. The molecule has 1 saturated heterocycles. The fourth-order valence-corrected chi connectivity index (χ4v) is 4.28. The lowest BCUT2D eigenvalue weighted by Gasteiger charge is -2.36. The monoisotopic (exact) mass is 464 g/mol. The fourth-order valence-electron chi connectivity index (χ4n) is 4.28. The average molecular weight is 465 g/mol. The zero-order valence-electron chi connectivity index (χ0n) is 19.4. The zero-order valence-corrected chi connectivity index (χ0v) is 19.4. The number of aryl methyl sites for hydroxylation is 2. The van der Waals surface area contributed by atoms with Gasteiger partial charge in [0.2, 0.25) is 11.5 Å². The van der Waals surface area contributed by atoms with Crippen LogP contribution in [0.3, 0.4) is 0 Å². The van der Waals surface area contributed by atoms with E-state index in [-0.39, 0.29) is 23.5 Å². The van der Waals surface area contributed by atoms with E-state index in [9.17, 15) is 9.18 Å². The third kappa shape index (κ3) is 4.24. The maximum absolute atomic E-state index is 14.7. The molecule has 0 saturated carbocycles. The van der Waals surface area contributed by atoms with Crippen LogP contribution in [0.25, 0.3) is 17.0 Å². The number of benzene rings is 1. The Hall–Kier alpha value is -3.79. The number of fused-ring (bicyclic) bond motifs is 1.